The van der Waals surface area contributed by atoms with Gasteiger partial charge in [-0.1, -0.05) is 0 Å². The van der Waals surface area contributed by atoms with Crippen molar-refractivity contribution in [3.8, 4) is 5.88 Å². The number of nitrogens with one attached hydrogen (secondary N) is 2. The molecule has 3 amide bonds. The molecule has 1 aliphatic rings. The predicted molar refractivity (Wildman–Crippen MR) is 124 cm³/mol. The Morgan fingerprint density at radius 2 is 2.12 bits per heavy atom. The van der Waals surface area contributed by atoms with Gasteiger partial charge in [-0.15, -0.1) is 0 Å². The molecule has 1 aromatic carbocycles. The average molecular weight is 498 g/mol. The second-order valence-electron chi connectivity index (χ2n) is 8.14. The fourth-order valence-corrected chi connectivity index (χ4v) is 4.54. The molecule has 12 heteroatoms. The van der Waals surface area contributed by atoms with Crippen LogP contribution in [0.3, 0.4) is 0 Å². The number of carbonyl (C=O) groups is 2. The lowest BCUT2D eigenvalue weighted by Crippen LogP contribution is -2.34. The third kappa shape index (κ3) is 6.61. The smallest absolute Gasteiger partial charge is 0.319 e. The molecule has 2 aromatic rings. The maximum atomic E-state index is 14.0. The number of hydrogen-bond donors (Lipinski definition) is 4. The van der Waals surface area contributed by atoms with Crippen LogP contribution in [0.15, 0.2) is 12.1 Å². The molecule has 0 spiro atoms. The van der Waals surface area contributed by atoms with E-state index >= 15 is 0 Å². The van der Waals surface area contributed by atoms with Crippen molar-refractivity contribution in [2.75, 3.05) is 31.6 Å². The summed E-state index contributed by atoms with van der Waals surface area (Å²) >= 11 is 0.795. The van der Waals surface area contributed by atoms with Gasteiger partial charge in [0.05, 0.1) is 6.61 Å². The van der Waals surface area contributed by atoms with Gasteiger partial charge < -0.3 is 20.9 Å². The van der Waals surface area contributed by atoms with Crippen molar-refractivity contribution in [2.45, 2.75) is 45.3 Å². The minimum absolute atomic E-state index is 0.0435. The van der Waals surface area contributed by atoms with Gasteiger partial charge in [0.25, 0.3) is 5.91 Å². The lowest BCUT2D eigenvalue weighted by Gasteiger charge is -2.22. The molecular formula is C22H29F2N5O4S. The highest BCUT2D eigenvalue weighted by molar-refractivity contribution is 7.11. The number of aliphatic hydroxyl groups excluding tert-OH is 1. The van der Waals surface area contributed by atoms with Crippen LogP contribution < -0.4 is 21.1 Å². The van der Waals surface area contributed by atoms with Crippen molar-refractivity contribution in [3.05, 3.63) is 40.5 Å². The highest BCUT2D eigenvalue weighted by Gasteiger charge is 2.24. The Morgan fingerprint density at radius 1 is 1.32 bits per heavy atom. The molecule has 34 heavy (non-hydrogen) atoms. The Morgan fingerprint density at radius 3 is 2.85 bits per heavy atom. The topological polar surface area (TPSA) is 130 Å². The number of anilines is 1. The van der Waals surface area contributed by atoms with E-state index in [0.717, 1.165) is 62.4 Å². The summed E-state index contributed by atoms with van der Waals surface area (Å²) in [6, 6.07) is 1.77. The SMILES string of the molecule is Cc1cc(F)c(COc2nsc(NC(=O)NCCCCN3CCCC3CO)c2C(N)=O)cc1F. The maximum absolute atomic E-state index is 14.0. The number of amides is 3. The van der Waals surface area contributed by atoms with E-state index in [2.05, 4.69) is 19.9 Å². The average Bonchev–Trinajstić information content (AvgIpc) is 3.41. The lowest BCUT2D eigenvalue weighted by molar-refractivity contribution is 0.0996. The summed E-state index contributed by atoms with van der Waals surface area (Å²) in [6.45, 7) is 3.51. The third-order valence-electron chi connectivity index (χ3n) is 5.69. The van der Waals surface area contributed by atoms with Gasteiger partial charge in [-0.05, 0) is 74.9 Å². The maximum Gasteiger partial charge on any atom is 0.319 e. The zero-order chi connectivity index (χ0) is 24.7. The summed E-state index contributed by atoms with van der Waals surface area (Å²) in [7, 11) is 0. The van der Waals surface area contributed by atoms with Crippen molar-refractivity contribution in [2.24, 2.45) is 5.73 Å². The number of hydrogen-bond acceptors (Lipinski definition) is 7. The van der Waals surface area contributed by atoms with Crippen molar-refractivity contribution < 1.29 is 28.2 Å². The van der Waals surface area contributed by atoms with E-state index < -0.39 is 23.6 Å². The van der Waals surface area contributed by atoms with Crippen LogP contribution in [-0.2, 0) is 6.61 Å². The van der Waals surface area contributed by atoms with Gasteiger partial charge in [-0.2, -0.15) is 4.37 Å². The molecule has 1 atom stereocenters. The van der Waals surface area contributed by atoms with Crippen molar-refractivity contribution in [1.82, 2.24) is 14.6 Å². The van der Waals surface area contributed by atoms with Gasteiger partial charge >= 0.3 is 6.03 Å². The number of aryl methyl sites for hydroxylation is 1. The number of urea groups is 1. The number of nitrogens with zero attached hydrogens (tertiary/aromatic N) is 2. The summed E-state index contributed by atoms with van der Waals surface area (Å²) < 4.78 is 37.1. The molecule has 1 aliphatic heterocycles. The third-order valence-corrected chi connectivity index (χ3v) is 6.44. The molecule has 2 heterocycles. The highest BCUT2D eigenvalue weighted by atomic mass is 32.1. The van der Waals surface area contributed by atoms with E-state index in [1.807, 2.05) is 0 Å². The van der Waals surface area contributed by atoms with E-state index in [-0.39, 0.29) is 46.8 Å². The van der Waals surface area contributed by atoms with Crippen LogP contribution in [0.2, 0.25) is 0 Å². The fourth-order valence-electron chi connectivity index (χ4n) is 3.81. The molecule has 0 radical (unpaired) electrons. The zero-order valence-corrected chi connectivity index (χ0v) is 19.7. The molecule has 1 fully saturated rings. The second-order valence-corrected chi connectivity index (χ2v) is 8.91. The molecule has 186 valence electrons. The summed E-state index contributed by atoms with van der Waals surface area (Å²) in [4.78, 5) is 26.4. The molecule has 1 aromatic heterocycles. The van der Waals surface area contributed by atoms with Crippen LogP contribution in [0, 0.1) is 18.6 Å². The number of aliphatic hydroxyl groups is 1. The van der Waals surface area contributed by atoms with Gasteiger partial charge in [0.1, 0.15) is 28.8 Å². The number of benzene rings is 1. The summed E-state index contributed by atoms with van der Waals surface area (Å²) in [5.74, 6) is -2.28. The number of halogens is 2. The monoisotopic (exact) mass is 497 g/mol. The number of unbranched alkanes of at least 4 members (excludes halogenated alkanes) is 1. The van der Waals surface area contributed by atoms with Gasteiger partial charge in [0.15, 0.2) is 0 Å². The molecule has 1 saturated heterocycles. The summed E-state index contributed by atoms with van der Waals surface area (Å²) in [5, 5.41) is 14.7. The molecular weight excluding hydrogens is 468 g/mol. The van der Waals surface area contributed by atoms with Gasteiger partial charge in [-0.3, -0.25) is 15.0 Å². The lowest BCUT2D eigenvalue weighted by atomic mass is 10.1. The number of aromatic nitrogens is 1. The Balaban J connectivity index is 1.49. The highest BCUT2D eigenvalue weighted by Crippen LogP contribution is 2.31. The molecule has 5 N–H and O–H groups in total. The molecule has 3 rings (SSSR count). The molecule has 0 aliphatic carbocycles. The Labute approximate surface area is 200 Å². The van der Waals surface area contributed by atoms with Crippen LogP contribution in [0.4, 0.5) is 18.6 Å². The number of likely N-dealkylation sites (tertiary alicyclic amines) is 1. The first-order valence-corrected chi connectivity index (χ1v) is 11.8. The molecule has 0 saturated carbocycles. The van der Waals surface area contributed by atoms with E-state index in [4.69, 9.17) is 10.5 Å². The minimum Gasteiger partial charge on any atom is -0.471 e. The van der Waals surface area contributed by atoms with Crippen molar-refractivity contribution >= 4 is 28.5 Å². The van der Waals surface area contributed by atoms with E-state index in [1.165, 1.54) is 6.92 Å². The largest absolute Gasteiger partial charge is 0.471 e. The number of nitrogens with two attached hydrogens (primary N) is 1. The van der Waals surface area contributed by atoms with Crippen LogP contribution in [0.25, 0.3) is 0 Å². The van der Waals surface area contributed by atoms with Gasteiger partial charge in [0.2, 0.25) is 5.88 Å². The fraction of sp³-hybridized carbons (Fsp3) is 0.500. The first kappa shape index (κ1) is 25.8. The van der Waals surface area contributed by atoms with E-state index in [1.54, 1.807) is 0 Å². The molecule has 1 unspecified atom stereocenters. The second kappa shape index (κ2) is 12.0. The summed E-state index contributed by atoms with van der Waals surface area (Å²) in [6.07, 6.45) is 3.72. The Hall–Kier alpha value is -2.83. The molecule has 0 bridgehead atoms. The number of carbonyl (C=O) groups excluding carboxylic acids is 2. The van der Waals surface area contributed by atoms with Crippen LogP contribution in [0.5, 0.6) is 5.88 Å². The van der Waals surface area contributed by atoms with E-state index in [0.29, 0.717) is 6.54 Å². The van der Waals surface area contributed by atoms with Crippen LogP contribution in [0.1, 0.15) is 47.2 Å². The first-order chi connectivity index (χ1) is 16.3. The Bertz CT molecular complexity index is 1020. The van der Waals surface area contributed by atoms with Crippen LogP contribution >= 0.6 is 11.5 Å². The van der Waals surface area contributed by atoms with Crippen LogP contribution in [-0.4, -0.2) is 58.6 Å². The zero-order valence-electron chi connectivity index (χ0n) is 18.9. The first-order valence-electron chi connectivity index (χ1n) is 11.1. The predicted octanol–water partition coefficient (Wildman–Crippen LogP) is 2.77. The number of ether oxygens (including phenoxy) is 1. The van der Waals surface area contributed by atoms with Gasteiger partial charge in [-0.25, -0.2) is 13.6 Å². The number of primary amides is 1. The van der Waals surface area contributed by atoms with Crippen molar-refractivity contribution in [1.29, 1.82) is 0 Å². The molecule has 9 nitrogen and oxygen atoms in total. The minimum atomic E-state index is -0.876. The number of rotatable bonds is 11. The standard InChI is InChI=1S/C22H29F2N5O4S/c1-13-9-17(24)14(10-16(13)23)12-33-20-18(19(25)31)21(34-28-20)27-22(32)26-6-2-3-7-29-8-4-5-15(29)11-30/h9-10,15,30H,2-8,11-12H2,1H3,(H2,25,31)(H2,26,27,32). The van der Waals surface area contributed by atoms with E-state index in [9.17, 15) is 23.5 Å². The Kier molecular flexibility index (Phi) is 9.13. The normalized spacial score (nSPS) is 15.9. The van der Waals surface area contributed by atoms with Crippen molar-refractivity contribution in [3.63, 3.8) is 0 Å². The quantitative estimate of drug-likeness (QED) is 0.353. The summed E-state index contributed by atoms with van der Waals surface area (Å²) in [5.41, 5.74) is 5.40. The van der Waals surface area contributed by atoms with Gasteiger partial charge in [0, 0.05) is 18.2 Å².